The molecule has 0 aliphatic rings. The molecular formula is C16H16FN5O. The molecule has 118 valence electrons. The third-order valence-electron chi connectivity index (χ3n) is 3.35. The van der Waals surface area contributed by atoms with E-state index < -0.39 is 0 Å². The highest BCUT2D eigenvalue weighted by Gasteiger charge is 2.18. The molecule has 0 unspecified atom stereocenters. The lowest BCUT2D eigenvalue weighted by molar-refractivity contribution is 0.397. The molecule has 3 aromatic rings. The van der Waals surface area contributed by atoms with Gasteiger partial charge >= 0.3 is 0 Å². The first kappa shape index (κ1) is 15.0. The lowest BCUT2D eigenvalue weighted by Gasteiger charge is -2.17. The molecule has 1 aromatic carbocycles. The van der Waals surface area contributed by atoms with Gasteiger partial charge < -0.3 is 10.1 Å². The second kappa shape index (κ2) is 6.43. The zero-order chi connectivity index (χ0) is 16.2. The molecule has 2 heterocycles. The minimum Gasteiger partial charge on any atom is -0.481 e. The van der Waals surface area contributed by atoms with Gasteiger partial charge in [0.15, 0.2) is 0 Å². The Morgan fingerprint density at radius 3 is 2.61 bits per heavy atom. The first-order chi connectivity index (χ1) is 11.2. The van der Waals surface area contributed by atoms with Crippen LogP contribution in [0, 0.1) is 5.82 Å². The standard InChI is InChI=1S/C16H16FN5O/c1-22-10-8-13(21-22)15(11-3-5-12(17)6-4-11)20-16-18-9-7-14(19-16)23-2/h3-10,15H,1-2H3,(H,18,19,20)/t15-/m0/s1. The van der Waals surface area contributed by atoms with E-state index in [4.69, 9.17) is 4.74 Å². The first-order valence-electron chi connectivity index (χ1n) is 7.04. The fourth-order valence-electron chi connectivity index (χ4n) is 2.22. The number of ether oxygens (including phenoxy) is 1. The van der Waals surface area contributed by atoms with Crippen LogP contribution in [0.2, 0.25) is 0 Å². The van der Waals surface area contributed by atoms with Crippen molar-refractivity contribution in [2.75, 3.05) is 12.4 Å². The van der Waals surface area contributed by atoms with Gasteiger partial charge in [0.05, 0.1) is 18.8 Å². The normalized spacial score (nSPS) is 12.0. The van der Waals surface area contributed by atoms with Gasteiger partial charge in [0.2, 0.25) is 11.8 Å². The van der Waals surface area contributed by atoms with Crippen LogP contribution in [0.25, 0.3) is 0 Å². The molecule has 23 heavy (non-hydrogen) atoms. The number of benzene rings is 1. The summed E-state index contributed by atoms with van der Waals surface area (Å²) in [6.45, 7) is 0. The lowest BCUT2D eigenvalue weighted by atomic mass is 10.0. The van der Waals surface area contributed by atoms with E-state index in [2.05, 4.69) is 20.4 Å². The predicted octanol–water partition coefficient (Wildman–Crippen LogP) is 2.56. The van der Waals surface area contributed by atoms with E-state index in [1.165, 1.54) is 12.1 Å². The molecule has 0 amide bonds. The summed E-state index contributed by atoms with van der Waals surface area (Å²) in [7, 11) is 3.38. The average Bonchev–Trinajstić information content (AvgIpc) is 3.00. The third kappa shape index (κ3) is 3.45. The van der Waals surface area contributed by atoms with E-state index in [9.17, 15) is 4.39 Å². The summed E-state index contributed by atoms with van der Waals surface area (Å²) in [5, 5.41) is 7.64. The van der Waals surface area contributed by atoms with Gasteiger partial charge in [-0.05, 0) is 23.8 Å². The lowest BCUT2D eigenvalue weighted by Crippen LogP contribution is -2.15. The van der Waals surface area contributed by atoms with Gasteiger partial charge in [-0.3, -0.25) is 4.68 Å². The first-order valence-corrected chi connectivity index (χ1v) is 7.04. The number of nitrogens with one attached hydrogen (secondary N) is 1. The number of aryl methyl sites for hydroxylation is 1. The van der Waals surface area contributed by atoms with Crippen molar-refractivity contribution < 1.29 is 9.13 Å². The molecule has 0 bridgehead atoms. The minimum absolute atomic E-state index is 0.286. The summed E-state index contributed by atoms with van der Waals surface area (Å²) >= 11 is 0. The SMILES string of the molecule is COc1ccnc(N[C@@H](c2ccc(F)cc2)c2ccn(C)n2)n1. The number of anilines is 1. The molecular weight excluding hydrogens is 297 g/mol. The topological polar surface area (TPSA) is 64.9 Å². The van der Waals surface area contributed by atoms with Crippen LogP contribution in [0.1, 0.15) is 17.3 Å². The Hall–Kier alpha value is -2.96. The van der Waals surface area contributed by atoms with Gasteiger partial charge in [-0.1, -0.05) is 12.1 Å². The van der Waals surface area contributed by atoms with E-state index in [1.807, 2.05) is 19.3 Å². The van der Waals surface area contributed by atoms with Crippen molar-refractivity contribution in [1.29, 1.82) is 0 Å². The Labute approximate surface area is 133 Å². The minimum atomic E-state index is -0.302. The van der Waals surface area contributed by atoms with E-state index in [1.54, 1.807) is 36.2 Å². The average molecular weight is 313 g/mol. The zero-order valence-electron chi connectivity index (χ0n) is 12.8. The quantitative estimate of drug-likeness (QED) is 0.784. The van der Waals surface area contributed by atoms with Crippen LogP contribution in [-0.2, 0) is 7.05 Å². The van der Waals surface area contributed by atoms with Crippen molar-refractivity contribution in [1.82, 2.24) is 19.7 Å². The number of aromatic nitrogens is 4. The van der Waals surface area contributed by atoms with Gasteiger partial charge in [0, 0.05) is 25.5 Å². The Kier molecular flexibility index (Phi) is 4.18. The maximum Gasteiger partial charge on any atom is 0.226 e. The molecule has 0 spiro atoms. The zero-order valence-corrected chi connectivity index (χ0v) is 12.8. The van der Waals surface area contributed by atoms with Gasteiger partial charge in [0.25, 0.3) is 0 Å². The second-order valence-electron chi connectivity index (χ2n) is 4.97. The van der Waals surface area contributed by atoms with Crippen LogP contribution in [0.15, 0.2) is 48.8 Å². The molecule has 0 aliphatic carbocycles. The van der Waals surface area contributed by atoms with Crippen molar-refractivity contribution in [3.63, 3.8) is 0 Å². The number of methoxy groups -OCH3 is 1. The third-order valence-corrected chi connectivity index (χ3v) is 3.35. The van der Waals surface area contributed by atoms with Crippen molar-refractivity contribution in [2.24, 2.45) is 7.05 Å². The molecule has 0 saturated carbocycles. The molecule has 0 aliphatic heterocycles. The van der Waals surface area contributed by atoms with Crippen LogP contribution < -0.4 is 10.1 Å². The molecule has 2 aromatic heterocycles. The van der Waals surface area contributed by atoms with Crippen molar-refractivity contribution in [2.45, 2.75) is 6.04 Å². The summed E-state index contributed by atoms with van der Waals surface area (Å²) in [6.07, 6.45) is 3.45. The fraction of sp³-hybridized carbons (Fsp3) is 0.188. The van der Waals surface area contributed by atoms with Crippen LogP contribution in [-0.4, -0.2) is 26.9 Å². The van der Waals surface area contributed by atoms with E-state index in [0.717, 1.165) is 11.3 Å². The highest BCUT2D eigenvalue weighted by Crippen LogP contribution is 2.24. The molecule has 1 atom stereocenters. The van der Waals surface area contributed by atoms with Crippen molar-refractivity contribution in [3.8, 4) is 5.88 Å². The number of halogens is 1. The van der Waals surface area contributed by atoms with Crippen molar-refractivity contribution in [3.05, 3.63) is 65.9 Å². The number of nitrogens with zero attached hydrogens (tertiary/aromatic N) is 4. The molecule has 6 nitrogen and oxygen atoms in total. The Morgan fingerprint density at radius 1 is 1.17 bits per heavy atom. The maximum atomic E-state index is 13.2. The van der Waals surface area contributed by atoms with Crippen molar-refractivity contribution >= 4 is 5.95 Å². The molecule has 7 heteroatoms. The van der Waals surface area contributed by atoms with E-state index in [-0.39, 0.29) is 11.9 Å². The van der Waals surface area contributed by atoms with E-state index >= 15 is 0 Å². The Bertz CT molecular complexity index is 787. The summed E-state index contributed by atoms with van der Waals surface area (Å²) in [5.74, 6) is 0.580. The molecule has 0 saturated heterocycles. The maximum absolute atomic E-state index is 13.2. The van der Waals surface area contributed by atoms with E-state index in [0.29, 0.717) is 11.8 Å². The number of hydrogen-bond donors (Lipinski definition) is 1. The highest BCUT2D eigenvalue weighted by molar-refractivity contribution is 5.39. The smallest absolute Gasteiger partial charge is 0.226 e. The van der Waals surface area contributed by atoms with Gasteiger partial charge in [-0.15, -0.1) is 0 Å². The highest BCUT2D eigenvalue weighted by atomic mass is 19.1. The molecule has 0 fully saturated rings. The summed E-state index contributed by atoms with van der Waals surface area (Å²) in [5.41, 5.74) is 1.64. The second-order valence-corrected chi connectivity index (χ2v) is 4.97. The van der Waals surface area contributed by atoms with Crippen LogP contribution >= 0.6 is 0 Å². The Morgan fingerprint density at radius 2 is 1.96 bits per heavy atom. The number of hydrogen-bond acceptors (Lipinski definition) is 5. The van der Waals surface area contributed by atoms with Crippen LogP contribution in [0.5, 0.6) is 5.88 Å². The summed E-state index contributed by atoms with van der Waals surface area (Å²) in [6, 6.07) is 9.51. The largest absolute Gasteiger partial charge is 0.481 e. The number of rotatable bonds is 5. The van der Waals surface area contributed by atoms with Crippen LogP contribution in [0.3, 0.4) is 0 Å². The molecule has 1 N–H and O–H groups in total. The summed E-state index contributed by atoms with van der Waals surface area (Å²) < 4.78 is 20.0. The summed E-state index contributed by atoms with van der Waals surface area (Å²) in [4.78, 5) is 8.44. The van der Waals surface area contributed by atoms with Crippen LogP contribution in [0.4, 0.5) is 10.3 Å². The fourth-order valence-corrected chi connectivity index (χ4v) is 2.22. The predicted molar refractivity (Wildman–Crippen MR) is 83.7 cm³/mol. The van der Waals surface area contributed by atoms with Gasteiger partial charge in [0.1, 0.15) is 5.82 Å². The monoisotopic (exact) mass is 313 g/mol. The molecule has 0 radical (unpaired) electrons. The van der Waals surface area contributed by atoms with Gasteiger partial charge in [-0.25, -0.2) is 9.37 Å². The molecule has 3 rings (SSSR count). The van der Waals surface area contributed by atoms with Gasteiger partial charge in [-0.2, -0.15) is 10.1 Å². The Balaban J connectivity index is 1.96.